The van der Waals surface area contributed by atoms with Crippen molar-refractivity contribution in [1.29, 1.82) is 0 Å². The van der Waals surface area contributed by atoms with Gasteiger partial charge in [-0.2, -0.15) is 0 Å². The molecule has 106 valence electrons. The summed E-state index contributed by atoms with van der Waals surface area (Å²) in [5.74, 6) is -1.27. The van der Waals surface area contributed by atoms with Crippen LogP contribution in [0.4, 0.5) is 0 Å². The minimum atomic E-state index is -3.74. The Balaban J connectivity index is 3.09. The quantitative estimate of drug-likeness (QED) is 0.894. The molecular weight excluding hydrogens is 290 g/mol. The zero-order valence-electron chi connectivity index (χ0n) is 10.9. The van der Waals surface area contributed by atoms with Gasteiger partial charge in [0.05, 0.1) is 15.5 Å². The summed E-state index contributed by atoms with van der Waals surface area (Å²) >= 11 is 5.69. The van der Waals surface area contributed by atoms with Crippen LogP contribution in [0.1, 0.15) is 31.1 Å². The van der Waals surface area contributed by atoms with Crippen molar-refractivity contribution in [3.8, 4) is 0 Å². The van der Waals surface area contributed by atoms with Crippen molar-refractivity contribution in [1.82, 2.24) is 4.72 Å². The highest BCUT2D eigenvalue weighted by Gasteiger charge is 2.20. The van der Waals surface area contributed by atoms with Crippen molar-refractivity contribution >= 4 is 27.6 Å². The maximum atomic E-state index is 12.0. The first kappa shape index (κ1) is 15.9. The number of benzene rings is 1. The summed E-state index contributed by atoms with van der Waals surface area (Å²) in [4.78, 5) is 10.8. The first-order valence-electron chi connectivity index (χ1n) is 5.55. The van der Waals surface area contributed by atoms with Gasteiger partial charge in [0.1, 0.15) is 0 Å². The Hall–Kier alpha value is -1.11. The lowest BCUT2D eigenvalue weighted by molar-refractivity contribution is 0.0697. The molecule has 0 aromatic heterocycles. The van der Waals surface area contributed by atoms with Crippen LogP contribution in [-0.2, 0) is 10.0 Å². The molecule has 1 aromatic rings. The van der Waals surface area contributed by atoms with Crippen molar-refractivity contribution in [2.75, 3.05) is 6.54 Å². The molecule has 0 saturated carbocycles. The van der Waals surface area contributed by atoms with Crippen LogP contribution < -0.4 is 4.72 Å². The van der Waals surface area contributed by atoms with E-state index in [1.807, 2.05) is 20.8 Å². The minimum absolute atomic E-state index is 0.00210. The number of aromatic carboxylic acids is 1. The number of carboxylic acids is 1. The van der Waals surface area contributed by atoms with Crippen molar-refractivity contribution in [3.05, 3.63) is 28.8 Å². The minimum Gasteiger partial charge on any atom is -0.478 e. The fraction of sp³-hybridized carbons (Fsp3) is 0.417. The average Bonchev–Trinajstić information content (AvgIpc) is 2.25. The highest BCUT2D eigenvalue weighted by molar-refractivity contribution is 7.89. The monoisotopic (exact) mass is 305 g/mol. The topological polar surface area (TPSA) is 83.5 Å². The second-order valence-corrected chi connectivity index (χ2v) is 7.51. The molecule has 0 amide bonds. The van der Waals surface area contributed by atoms with Crippen LogP contribution in [0.3, 0.4) is 0 Å². The van der Waals surface area contributed by atoms with E-state index in [1.165, 1.54) is 12.1 Å². The van der Waals surface area contributed by atoms with E-state index >= 15 is 0 Å². The van der Waals surface area contributed by atoms with Crippen molar-refractivity contribution in [2.45, 2.75) is 25.7 Å². The molecule has 1 aromatic carbocycles. The number of carboxylic acid groups (broad SMARTS) is 1. The van der Waals surface area contributed by atoms with Crippen LogP contribution in [0, 0.1) is 5.41 Å². The van der Waals surface area contributed by atoms with Gasteiger partial charge in [-0.05, 0) is 23.6 Å². The predicted molar refractivity (Wildman–Crippen MR) is 73.1 cm³/mol. The molecule has 0 saturated heterocycles. The van der Waals surface area contributed by atoms with Gasteiger partial charge in [-0.15, -0.1) is 0 Å². The molecule has 0 atom stereocenters. The van der Waals surface area contributed by atoms with Crippen LogP contribution in [-0.4, -0.2) is 26.0 Å². The summed E-state index contributed by atoms with van der Waals surface area (Å²) in [5, 5.41) is 8.92. The zero-order valence-corrected chi connectivity index (χ0v) is 12.5. The first-order chi connectivity index (χ1) is 8.53. The molecule has 0 aliphatic carbocycles. The Morgan fingerprint density at radius 3 is 2.42 bits per heavy atom. The van der Waals surface area contributed by atoms with E-state index in [2.05, 4.69) is 4.72 Å². The van der Waals surface area contributed by atoms with Crippen molar-refractivity contribution < 1.29 is 18.3 Å². The average molecular weight is 306 g/mol. The van der Waals surface area contributed by atoms with E-state index in [1.54, 1.807) is 0 Å². The second-order valence-electron chi connectivity index (χ2n) is 5.33. The molecule has 0 aliphatic heterocycles. The highest BCUT2D eigenvalue weighted by atomic mass is 35.5. The molecule has 0 bridgehead atoms. The number of halogens is 1. The molecule has 2 N–H and O–H groups in total. The lowest BCUT2D eigenvalue weighted by Crippen LogP contribution is -2.32. The number of sulfonamides is 1. The van der Waals surface area contributed by atoms with E-state index in [4.69, 9.17) is 16.7 Å². The summed E-state index contributed by atoms with van der Waals surface area (Å²) in [5.41, 5.74) is -0.449. The molecule has 0 spiro atoms. The number of carbonyl (C=O) groups is 1. The van der Waals surface area contributed by atoms with Crippen molar-refractivity contribution in [2.24, 2.45) is 5.41 Å². The van der Waals surface area contributed by atoms with Crippen LogP contribution in [0.2, 0.25) is 5.02 Å². The Morgan fingerprint density at radius 2 is 1.95 bits per heavy atom. The summed E-state index contributed by atoms with van der Waals surface area (Å²) < 4.78 is 26.5. The SMILES string of the molecule is CC(C)(C)CNS(=O)(=O)c1ccc(Cl)c(C(=O)O)c1. The van der Waals surface area contributed by atoms with Gasteiger partial charge in [-0.3, -0.25) is 0 Å². The number of nitrogens with one attached hydrogen (secondary N) is 1. The van der Waals surface area contributed by atoms with E-state index in [9.17, 15) is 13.2 Å². The van der Waals surface area contributed by atoms with E-state index in [-0.39, 0.29) is 27.4 Å². The third-order valence-corrected chi connectivity index (χ3v) is 4.00. The van der Waals surface area contributed by atoms with Gasteiger partial charge in [-0.25, -0.2) is 17.9 Å². The standard InChI is InChI=1S/C12H16ClNO4S/c1-12(2,3)7-14-19(17,18)8-4-5-10(13)9(6-8)11(15)16/h4-6,14H,7H2,1-3H3,(H,15,16). The fourth-order valence-corrected chi connectivity index (χ4v) is 2.74. The van der Waals surface area contributed by atoms with Gasteiger partial charge in [0, 0.05) is 6.54 Å². The molecule has 0 unspecified atom stereocenters. The van der Waals surface area contributed by atoms with Gasteiger partial charge in [0.25, 0.3) is 0 Å². The Labute approximate surface area is 117 Å². The molecule has 1 rings (SSSR count). The lowest BCUT2D eigenvalue weighted by atomic mass is 9.98. The van der Waals surface area contributed by atoms with Crippen LogP contribution in [0.25, 0.3) is 0 Å². The molecule has 0 radical (unpaired) electrons. The maximum absolute atomic E-state index is 12.0. The molecule has 0 heterocycles. The second kappa shape index (κ2) is 5.48. The molecule has 19 heavy (non-hydrogen) atoms. The van der Waals surface area contributed by atoms with Crippen LogP contribution in [0.5, 0.6) is 0 Å². The molecule has 7 heteroatoms. The fourth-order valence-electron chi connectivity index (χ4n) is 1.23. The molecule has 5 nitrogen and oxygen atoms in total. The van der Waals surface area contributed by atoms with Crippen molar-refractivity contribution in [3.63, 3.8) is 0 Å². The third kappa shape index (κ3) is 4.49. The summed E-state index contributed by atoms with van der Waals surface area (Å²) in [6.07, 6.45) is 0. The highest BCUT2D eigenvalue weighted by Crippen LogP contribution is 2.21. The van der Waals surface area contributed by atoms with Gasteiger partial charge >= 0.3 is 5.97 Å². The number of hydrogen-bond acceptors (Lipinski definition) is 3. The predicted octanol–water partition coefficient (Wildman–Crippen LogP) is 2.36. The van der Waals surface area contributed by atoms with Crippen LogP contribution >= 0.6 is 11.6 Å². The lowest BCUT2D eigenvalue weighted by Gasteiger charge is -2.18. The maximum Gasteiger partial charge on any atom is 0.337 e. The van der Waals surface area contributed by atoms with Gasteiger partial charge < -0.3 is 5.11 Å². The Kier molecular flexibility index (Phi) is 4.60. The normalized spacial score (nSPS) is 12.4. The summed E-state index contributed by atoms with van der Waals surface area (Å²) in [6.45, 7) is 5.92. The summed E-state index contributed by atoms with van der Waals surface area (Å²) in [7, 11) is -3.74. The largest absolute Gasteiger partial charge is 0.478 e. The number of hydrogen-bond donors (Lipinski definition) is 2. The van der Waals surface area contributed by atoms with E-state index in [0.29, 0.717) is 0 Å². The van der Waals surface area contributed by atoms with Gasteiger partial charge in [0.2, 0.25) is 10.0 Å². The number of rotatable bonds is 4. The summed E-state index contributed by atoms with van der Waals surface area (Å²) in [6, 6.07) is 3.59. The zero-order chi connectivity index (χ0) is 14.8. The molecule has 0 aliphatic rings. The smallest absolute Gasteiger partial charge is 0.337 e. The van der Waals surface area contributed by atoms with Gasteiger partial charge in [-0.1, -0.05) is 32.4 Å². The molecule has 0 fully saturated rings. The molecular formula is C12H16ClNO4S. The first-order valence-corrected chi connectivity index (χ1v) is 7.41. The van der Waals surface area contributed by atoms with Crippen LogP contribution in [0.15, 0.2) is 23.1 Å². The Morgan fingerprint density at radius 1 is 1.37 bits per heavy atom. The van der Waals surface area contributed by atoms with E-state index < -0.39 is 16.0 Å². The van der Waals surface area contributed by atoms with E-state index in [0.717, 1.165) is 6.07 Å². The third-order valence-electron chi connectivity index (χ3n) is 2.27. The van der Waals surface area contributed by atoms with Gasteiger partial charge in [0.15, 0.2) is 0 Å². The Bertz CT molecular complexity index is 590.